The summed E-state index contributed by atoms with van der Waals surface area (Å²) in [6.45, 7) is 0.362. The molecule has 0 aromatic heterocycles. The van der Waals surface area contributed by atoms with E-state index in [1.54, 1.807) is 25.3 Å². The maximum absolute atomic E-state index is 12.6. The van der Waals surface area contributed by atoms with Gasteiger partial charge in [-0.2, -0.15) is 0 Å². The van der Waals surface area contributed by atoms with Crippen molar-refractivity contribution in [1.82, 2.24) is 5.32 Å². The average molecular weight is 432 g/mol. The van der Waals surface area contributed by atoms with Crippen LogP contribution in [-0.2, 0) is 16.4 Å². The second-order valence-electron chi connectivity index (χ2n) is 6.94. The fourth-order valence-corrected chi connectivity index (χ4v) is 7.08. The summed E-state index contributed by atoms with van der Waals surface area (Å²) in [6.07, 6.45) is 0. The number of aliphatic imine (C=N–C) groups is 1. The molecule has 29 heavy (non-hydrogen) atoms. The molecule has 2 atom stereocenters. The second kappa shape index (κ2) is 8.08. The SMILES string of the molecule is COc1ccccc1CNC(=O)c1cccc(NC2=N[C@H]3CS(=O)(=O)C[C@@H]3S2)c1. The number of benzene rings is 2. The largest absolute Gasteiger partial charge is 0.496 e. The highest BCUT2D eigenvalue weighted by atomic mass is 32.2. The van der Waals surface area contributed by atoms with Crippen LogP contribution in [0.2, 0.25) is 0 Å². The zero-order chi connectivity index (χ0) is 20.4. The van der Waals surface area contributed by atoms with E-state index in [1.165, 1.54) is 11.8 Å². The van der Waals surface area contributed by atoms with E-state index in [1.807, 2.05) is 30.3 Å². The molecule has 7 nitrogen and oxygen atoms in total. The van der Waals surface area contributed by atoms with Crippen molar-refractivity contribution in [2.45, 2.75) is 17.8 Å². The van der Waals surface area contributed by atoms with Crippen molar-refractivity contribution < 1.29 is 17.9 Å². The lowest BCUT2D eigenvalue weighted by atomic mass is 10.1. The maximum atomic E-state index is 12.6. The molecule has 0 aliphatic carbocycles. The number of carbonyl (C=O) groups excluding carboxylic acids is 1. The molecule has 4 rings (SSSR count). The molecular formula is C20H21N3O4S2. The number of carbonyl (C=O) groups is 1. The van der Waals surface area contributed by atoms with Crippen LogP contribution < -0.4 is 15.4 Å². The third-order valence-electron chi connectivity index (χ3n) is 4.83. The van der Waals surface area contributed by atoms with Crippen LogP contribution in [0.1, 0.15) is 15.9 Å². The first-order chi connectivity index (χ1) is 13.9. The summed E-state index contributed by atoms with van der Waals surface area (Å²) in [5.74, 6) is 0.819. The van der Waals surface area contributed by atoms with Gasteiger partial charge >= 0.3 is 0 Å². The maximum Gasteiger partial charge on any atom is 0.251 e. The van der Waals surface area contributed by atoms with Crippen molar-refractivity contribution >= 4 is 38.4 Å². The summed E-state index contributed by atoms with van der Waals surface area (Å²) in [4.78, 5) is 17.0. The summed E-state index contributed by atoms with van der Waals surface area (Å²) < 4.78 is 28.7. The zero-order valence-electron chi connectivity index (χ0n) is 15.8. The van der Waals surface area contributed by atoms with Crippen molar-refractivity contribution in [2.24, 2.45) is 4.99 Å². The Hall–Kier alpha value is -2.52. The molecule has 0 unspecified atom stereocenters. The van der Waals surface area contributed by atoms with Crippen molar-refractivity contribution in [1.29, 1.82) is 0 Å². The number of amidine groups is 1. The van der Waals surface area contributed by atoms with Gasteiger partial charge in [0.05, 0.1) is 24.7 Å². The van der Waals surface area contributed by atoms with E-state index in [0.29, 0.717) is 17.3 Å². The smallest absolute Gasteiger partial charge is 0.251 e. The average Bonchev–Trinajstić information content (AvgIpc) is 3.18. The highest BCUT2D eigenvalue weighted by molar-refractivity contribution is 8.15. The molecule has 1 amide bonds. The number of hydrogen-bond acceptors (Lipinski definition) is 7. The van der Waals surface area contributed by atoms with Crippen molar-refractivity contribution in [3.05, 3.63) is 59.7 Å². The molecule has 2 aliphatic rings. The minimum atomic E-state index is -2.97. The van der Waals surface area contributed by atoms with E-state index >= 15 is 0 Å². The molecule has 1 fully saturated rings. The second-order valence-corrected chi connectivity index (χ2v) is 10.3. The third-order valence-corrected chi connectivity index (χ3v) is 7.97. The van der Waals surface area contributed by atoms with Gasteiger partial charge in [0.15, 0.2) is 15.0 Å². The van der Waals surface area contributed by atoms with Gasteiger partial charge in [-0.05, 0) is 24.3 Å². The number of sulfone groups is 1. The summed E-state index contributed by atoms with van der Waals surface area (Å²) in [7, 11) is -1.37. The van der Waals surface area contributed by atoms with Gasteiger partial charge in [0, 0.05) is 28.6 Å². The number of rotatable bonds is 5. The van der Waals surface area contributed by atoms with Crippen LogP contribution in [0.5, 0.6) is 5.75 Å². The summed E-state index contributed by atoms with van der Waals surface area (Å²) >= 11 is 1.45. The Morgan fingerprint density at radius 1 is 1.21 bits per heavy atom. The summed E-state index contributed by atoms with van der Waals surface area (Å²) in [6, 6.07) is 14.5. The monoisotopic (exact) mass is 431 g/mol. The van der Waals surface area contributed by atoms with Gasteiger partial charge in [-0.3, -0.25) is 9.79 Å². The van der Waals surface area contributed by atoms with E-state index in [9.17, 15) is 13.2 Å². The van der Waals surface area contributed by atoms with E-state index in [4.69, 9.17) is 4.74 Å². The topological polar surface area (TPSA) is 96.9 Å². The van der Waals surface area contributed by atoms with Crippen LogP contribution in [0.3, 0.4) is 0 Å². The van der Waals surface area contributed by atoms with E-state index in [0.717, 1.165) is 17.0 Å². The van der Waals surface area contributed by atoms with Crippen LogP contribution in [0, 0.1) is 0 Å². The number of methoxy groups -OCH3 is 1. The number of para-hydroxylation sites is 1. The Kier molecular flexibility index (Phi) is 5.51. The number of amides is 1. The normalized spacial score (nSPS) is 21.9. The molecular weight excluding hydrogens is 410 g/mol. The van der Waals surface area contributed by atoms with Gasteiger partial charge in [0.25, 0.3) is 5.91 Å². The standard InChI is InChI=1S/C20H21N3O4S2/c1-27-17-8-3-2-5-14(17)10-21-19(24)13-6-4-7-15(9-13)22-20-23-16-11-29(25,26)12-18(16)28-20/h2-9,16,18H,10-12H2,1H3,(H,21,24)(H,22,23)/t16-,18-/m0/s1. The number of fused-ring (bicyclic) bond motifs is 1. The number of nitrogens with zero attached hydrogens (tertiary/aromatic N) is 1. The Bertz CT molecular complexity index is 1070. The molecule has 2 aromatic carbocycles. The number of thioether (sulfide) groups is 1. The molecule has 1 saturated heterocycles. The van der Waals surface area contributed by atoms with Gasteiger partial charge in [0.1, 0.15) is 5.75 Å². The number of ether oxygens (including phenoxy) is 1. The first-order valence-corrected chi connectivity index (χ1v) is 11.9. The lowest BCUT2D eigenvalue weighted by Crippen LogP contribution is -2.23. The van der Waals surface area contributed by atoms with Crippen molar-refractivity contribution in [3.8, 4) is 5.75 Å². The molecule has 0 spiro atoms. The lowest BCUT2D eigenvalue weighted by Gasteiger charge is -2.11. The first kappa shape index (κ1) is 19.8. The molecule has 2 heterocycles. The molecule has 0 radical (unpaired) electrons. The van der Waals surface area contributed by atoms with Crippen LogP contribution in [0.15, 0.2) is 53.5 Å². The first-order valence-electron chi connectivity index (χ1n) is 9.15. The Morgan fingerprint density at radius 2 is 2.03 bits per heavy atom. The van der Waals surface area contributed by atoms with Gasteiger partial charge in [-0.15, -0.1) is 0 Å². The zero-order valence-corrected chi connectivity index (χ0v) is 17.4. The number of hydrogen-bond donors (Lipinski definition) is 2. The Labute approximate surface area is 173 Å². The minimum absolute atomic E-state index is 0.0187. The fourth-order valence-electron chi connectivity index (χ4n) is 3.40. The van der Waals surface area contributed by atoms with Crippen LogP contribution in [0.25, 0.3) is 0 Å². The fraction of sp³-hybridized carbons (Fsp3) is 0.300. The quantitative estimate of drug-likeness (QED) is 0.754. The summed E-state index contributed by atoms with van der Waals surface area (Å²) in [5.41, 5.74) is 2.16. The van der Waals surface area contributed by atoms with Crippen molar-refractivity contribution in [2.75, 3.05) is 23.9 Å². The van der Waals surface area contributed by atoms with Gasteiger partial charge < -0.3 is 15.4 Å². The number of anilines is 1. The predicted molar refractivity (Wildman–Crippen MR) is 115 cm³/mol. The highest BCUT2D eigenvalue weighted by Gasteiger charge is 2.42. The van der Waals surface area contributed by atoms with Crippen LogP contribution in [-0.4, -0.2) is 49.4 Å². The molecule has 2 aliphatic heterocycles. The molecule has 0 bridgehead atoms. The van der Waals surface area contributed by atoms with E-state index < -0.39 is 9.84 Å². The summed E-state index contributed by atoms with van der Waals surface area (Å²) in [5, 5.41) is 6.78. The molecule has 0 saturated carbocycles. The van der Waals surface area contributed by atoms with E-state index in [2.05, 4.69) is 15.6 Å². The molecule has 152 valence electrons. The van der Waals surface area contributed by atoms with Crippen LogP contribution >= 0.6 is 11.8 Å². The molecule has 9 heteroatoms. The minimum Gasteiger partial charge on any atom is -0.496 e. The molecule has 2 N–H and O–H groups in total. The third kappa shape index (κ3) is 4.56. The highest BCUT2D eigenvalue weighted by Crippen LogP contribution is 2.34. The van der Waals surface area contributed by atoms with Crippen LogP contribution in [0.4, 0.5) is 5.69 Å². The van der Waals surface area contributed by atoms with Gasteiger partial charge in [-0.25, -0.2) is 8.42 Å². The predicted octanol–water partition coefficient (Wildman–Crippen LogP) is 2.31. The van der Waals surface area contributed by atoms with Gasteiger partial charge in [-0.1, -0.05) is 36.0 Å². The molecule has 2 aromatic rings. The number of nitrogens with one attached hydrogen (secondary N) is 2. The lowest BCUT2D eigenvalue weighted by molar-refractivity contribution is 0.0950. The Morgan fingerprint density at radius 3 is 2.83 bits per heavy atom. The van der Waals surface area contributed by atoms with Crippen molar-refractivity contribution in [3.63, 3.8) is 0 Å². The van der Waals surface area contributed by atoms with E-state index in [-0.39, 0.29) is 28.7 Å². The Balaban J connectivity index is 1.39. The van der Waals surface area contributed by atoms with Gasteiger partial charge in [0.2, 0.25) is 0 Å².